The van der Waals surface area contributed by atoms with Gasteiger partial charge in [-0.1, -0.05) is 12.8 Å². The molecule has 138 valence electrons. The zero-order valence-corrected chi connectivity index (χ0v) is 15.2. The number of ether oxygens (including phenoxy) is 1. The number of hydrogen-bond donors (Lipinski definition) is 1. The lowest BCUT2D eigenvalue weighted by Crippen LogP contribution is -2.49. The second-order valence-corrected chi connectivity index (χ2v) is 7.19. The summed E-state index contributed by atoms with van der Waals surface area (Å²) in [5.41, 5.74) is 0.404. The van der Waals surface area contributed by atoms with E-state index in [-0.39, 0.29) is 11.9 Å². The maximum atomic E-state index is 12.4. The van der Waals surface area contributed by atoms with E-state index in [4.69, 9.17) is 4.74 Å². The van der Waals surface area contributed by atoms with E-state index in [1.807, 2.05) is 0 Å². The van der Waals surface area contributed by atoms with Gasteiger partial charge in [0.2, 0.25) is 0 Å². The maximum Gasteiger partial charge on any atom is 0.271 e. The first-order valence-corrected chi connectivity index (χ1v) is 9.67. The first-order chi connectivity index (χ1) is 12.3. The number of carbonyl (C=O) groups excluding carboxylic acids is 1. The summed E-state index contributed by atoms with van der Waals surface area (Å²) in [6.45, 7) is 6.08. The number of rotatable bonds is 6. The Labute approximate surface area is 150 Å². The van der Waals surface area contributed by atoms with Crippen molar-refractivity contribution in [1.82, 2.24) is 20.2 Å². The summed E-state index contributed by atoms with van der Waals surface area (Å²) in [5.74, 6) is 0.408. The molecule has 6 nitrogen and oxygen atoms in total. The zero-order valence-electron chi connectivity index (χ0n) is 15.2. The van der Waals surface area contributed by atoms with Crippen LogP contribution < -0.4 is 5.32 Å². The van der Waals surface area contributed by atoms with E-state index in [9.17, 15) is 4.79 Å². The quantitative estimate of drug-likeness (QED) is 0.856. The van der Waals surface area contributed by atoms with Crippen LogP contribution in [0.15, 0.2) is 18.6 Å². The minimum Gasteiger partial charge on any atom is -0.377 e. The van der Waals surface area contributed by atoms with Gasteiger partial charge < -0.3 is 15.0 Å². The van der Waals surface area contributed by atoms with Gasteiger partial charge in [-0.15, -0.1) is 0 Å². The SMILES string of the molecule is CCO[C@@H]1CCCN(C[C@H]2CCCCC2NC(=O)c2cnccn2)C1. The number of likely N-dealkylation sites (tertiary alicyclic amines) is 1. The molecule has 1 aromatic heterocycles. The molecule has 1 saturated heterocycles. The molecule has 0 bridgehead atoms. The fraction of sp³-hybridized carbons (Fsp3) is 0.737. The van der Waals surface area contributed by atoms with Crippen LogP contribution in [0.25, 0.3) is 0 Å². The highest BCUT2D eigenvalue weighted by Gasteiger charge is 2.30. The molecule has 6 heteroatoms. The normalized spacial score (nSPS) is 27.8. The first-order valence-electron chi connectivity index (χ1n) is 9.67. The van der Waals surface area contributed by atoms with E-state index >= 15 is 0 Å². The molecule has 3 atom stereocenters. The molecule has 3 rings (SSSR count). The van der Waals surface area contributed by atoms with Crippen LogP contribution >= 0.6 is 0 Å². The van der Waals surface area contributed by atoms with Crippen LogP contribution in [0.2, 0.25) is 0 Å². The molecule has 2 aliphatic rings. The summed E-state index contributed by atoms with van der Waals surface area (Å²) in [4.78, 5) is 23.1. The van der Waals surface area contributed by atoms with Crippen molar-refractivity contribution in [2.24, 2.45) is 5.92 Å². The van der Waals surface area contributed by atoms with Crippen LogP contribution in [-0.4, -0.2) is 59.2 Å². The summed E-state index contributed by atoms with van der Waals surface area (Å²) < 4.78 is 5.82. The number of hydrogen-bond acceptors (Lipinski definition) is 5. The molecule has 0 radical (unpaired) electrons. The molecule has 1 aliphatic heterocycles. The summed E-state index contributed by atoms with van der Waals surface area (Å²) in [6, 6.07) is 0.232. The van der Waals surface area contributed by atoms with E-state index in [0.29, 0.717) is 17.7 Å². The average molecular weight is 346 g/mol. The Bertz CT molecular complexity index is 537. The van der Waals surface area contributed by atoms with Gasteiger partial charge in [-0.2, -0.15) is 0 Å². The highest BCUT2D eigenvalue weighted by Crippen LogP contribution is 2.27. The van der Waals surface area contributed by atoms with Gasteiger partial charge in [0.15, 0.2) is 0 Å². The topological polar surface area (TPSA) is 67.3 Å². The molecule has 0 aromatic carbocycles. The Kier molecular flexibility index (Phi) is 6.76. The van der Waals surface area contributed by atoms with Gasteiger partial charge in [0, 0.05) is 38.1 Å². The van der Waals surface area contributed by atoms with Gasteiger partial charge in [-0.25, -0.2) is 4.98 Å². The van der Waals surface area contributed by atoms with Crippen molar-refractivity contribution in [2.45, 2.75) is 57.6 Å². The predicted molar refractivity (Wildman–Crippen MR) is 96.3 cm³/mol. The molecule has 1 aliphatic carbocycles. The van der Waals surface area contributed by atoms with Crippen LogP contribution in [0, 0.1) is 5.92 Å². The van der Waals surface area contributed by atoms with Gasteiger partial charge >= 0.3 is 0 Å². The number of piperidine rings is 1. The van der Waals surface area contributed by atoms with Crippen molar-refractivity contribution >= 4 is 5.91 Å². The maximum absolute atomic E-state index is 12.4. The number of aromatic nitrogens is 2. The highest BCUT2D eigenvalue weighted by molar-refractivity contribution is 5.92. The monoisotopic (exact) mass is 346 g/mol. The van der Waals surface area contributed by atoms with Crippen LogP contribution in [-0.2, 0) is 4.74 Å². The van der Waals surface area contributed by atoms with E-state index < -0.39 is 0 Å². The Morgan fingerprint density at radius 2 is 2.16 bits per heavy atom. The number of amides is 1. The fourth-order valence-corrected chi connectivity index (χ4v) is 4.16. The van der Waals surface area contributed by atoms with E-state index in [2.05, 4.69) is 27.1 Å². The summed E-state index contributed by atoms with van der Waals surface area (Å²) in [7, 11) is 0. The van der Waals surface area contributed by atoms with Gasteiger partial charge in [0.25, 0.3) is 5.91 Å². The Morgan fingerprint density at radius 1 is 1.28 bits per heavy atom. The third kappa shape index (κ3) is 5.22. The molecular formula is C19H30N4O2. The highest BCUT2D eigenvalue weighted by atomic mass is 16.5. The van der Waals surface area contributed by atoms with Crippen LogP contribution in [0.4, 0.5) is 0 Å². The van der Waals surface area contributed by atoms with Gasteiger partial charge in [0.1, 0.15) is 5.69 Å². The lowest BCUT2D eigenvalue weighted by Gasteiger charge is -2.39. The van der Waals surface area contributed by atoms with Crippen molar-refractivity contribution < 1.29 is 9.53 Å². The van der Waals surface area contributed by atoms with Crippen molar-refractivity contribution in [3.05, 3.63) is 24.3 Å². The second-order valence-electron chi connectivity index (χ2n) is 7.19. The summed E-state index contributed by atoms with van der Waals surface area (Å²) in [5, 5.41) is 3.21. The largest absolute Gasteiger partial charge is 0.377 e. The van der Waals surface area contributed by atoms with Gasteiger partial charge in [0.05, 0.1) is 12.3 Å². The van der Waals surface area contributed by atoms with Crippen molar-refractivity contribution in [1.29, 1.82) is 0 Å². The van der Waals surface area contributed by atoms with Crippen LogP contribution in [0.3, 0.4) is 0 Å². The fourth-order valence-electron chi connectivity index (χ4n) is 4.16. The van der Waals surface area contributed by atoms with Gasteiger partial charge in [-0.05, 0) is 45.1 Å². The van der Waals surface area contributed by atoms with E-state index in [1.54, 1.807) is 12.4 Å². The van der Waals surface area contributed by atoms with Gasteiger partial charge in [-0.3, -0.25) is 9.78 Å². The number of nitrogens with one attached hydrogen (secondary N) is 1. The minimum atomic E-state index is -0.101. The minimum absolute atomic E-state index is 0.101. The van der Waals surface area contributed by atoms with Crippen molar-refractivity contribution in [2.75, 3.05) is 26.2 Å². The predicted octanol–water partition coefficient (Wildman–Crippen LogP) is 2.27. The average Bonchev–Trinajstić information content (AvgIpc) is 2.65. The molecule has 1 unspecified atom stereocenters. The molecular weight excluding hydrogens is 316 g/mol. The third-order valence-corrected chi connectivity index (χ3v) is 5.38. The molecule has 0 spiro atoms. The second kappa shape index (κ2) is 9.25. The Hall–Kier alpha value is -1.53. The Balaban J connectivity index is 1.56. The number of carbonyl (C=O) groups is 1. The van der Waals surface area contributed by atoms with Crippen molar-refractivity contribution in [3.63, 3.8) is 0 Å². The summed E-state index contributed by atoms with van der Waals surface area (Å²) >= 11 is 0. The Morgan fingerprint density at radius 3 is 2.96 bits per heavy atom. The van der Waals surface area contributed by atoms with E-state index in [0.717, 1.165) is 32.7 Å². The van der Waals surface area contributed by atoms with Crippen LogP contribution in [0.5, 0.6) is 0 Å². The lowest BCUT2D eigenvalue weighted by atomic mass is 9.83. The summed E-state index contributed by atoms with van der Waals surface area (Å²) in [6.07, 6.45) is 12.1. The number of nitrogens with zero attached hydrogens (tertiary/aromatic N) is 3. The molecule has 1 amide bonds. The first kappa shape index (κ1) is 18.3. The smallest absolute Gasteiger partial charge is 0.271 e. The van der Waals surface area contributed by atoms with Crippen molar-refractivity contribution in [3.8, 4) is 0 Å². The standard InChI is InChI=1S/C19H30N4O2/c1-2-25-16-7-5-11-23(14-16)13-15-6-3-4-8-17(15)22-19(24)18-12-20-9-10-21-18/h9-10,12,15-17H,2-8,11,13-14H2,1H3,(H,22,24)/t15-,16-,17?/m1/s1. The van der Waals surface area contributed by atoms with E-state index in [1.165, 1.54) is 38.3 Å². The molecule has 2 fully saturated rings. The molecule has 25 heavy (non-hydrogen) atoms. The third-order valence-electron chi connectivity index (χ3n) is 5.38. The molecule has 1 saturated carbocycles. The molecule has 1 N–H and O–H groups in total. The molecule has 2 heterocycles. The van der Waals surface area contributed by atoms with Crippen LogP contribution in [0.1, 0.15) is 55.9 Å². The molecule has 1 aromatic rings. The lowest BCUT2D eigenvalue weighted by molar-refractivity contribution is -0.00151. The zero-order chi connectivity index (χ0) is 17.5.